The molecule has 0 heterocycles. The van der Waals surface area contributed by atoms with Gasteiger partial charge in [-0.05, 0) is 39.0 Å². The molecule has 0 bridgehead atoms. The Balaban J connectivity index is 0.000000396. The van der Waals surface area contributed by atoms with Crippen LogP contribution in [0.3, 0.4) is 0 Å². The van der Waals surface area contributed by atoms with Crippen molar-refractivity contribution in [3.8, 4) is 0 Å². The molecule has 0 fully saturated rings. The second-order valence-electron chi connectivity index (χ2n) is 4.94. The summed E-state index contributed by atoms with van der Waals surface area (Å²) in [5.41, 5.74) is 5.84. The zero-order chi connectivity index (χ0) is 15.8. The molecule has 0 saturated carbocycles. The predicted molar refractivity (Wildman–Crippen MR) is 80.0 cm³/mol. The van der Waals surface area contributed by atoms with Crippen LogP contribution in [0.15, 0.2) is 29.2 Å². The third-order valence-corrected chi connectivity index (χ3v) is 2.33. The Morgan fingerprint density at radius 2 is 1.75 bits per heavy atom. The molecule has 0 aliphatic carbocycles. The smallest absolute Gasteiger partial charge is 0.315 e. The van der Waals surface area contributed by atoms with Crippen LogP contribution in [0.1, 0.15) is 34.6 Å². The summed E-state index contributed by atoms with van der Waals surface area (Å²) in [4.78, 5) is 21.5. The molecule has 0 atom stereocenters. The van der Waals surface area contributed by atoms with E-state index in [1.807, 2.05) is 26.8 Å². The van der Waals surface area contributed by atoms with E-state index in [9.17, 15) is 9.59 Å². The molecule has 20 heavy (non-hydrogen) atoms. The normalized spacial score (nSPS) is 10.1. The highest BCUT2D eigenvalue weighted by Gasteiger charge is 2.11. The molecular weight excluding hydrogens is 278 g/mol. The third kappa shape index (κ3) is 11.4. The Bertz CT molecular complexity index is 455. The van der Waals surface area contributed by atoms with E-state index < -0.39 is 0 Å². The van der Waals surface area contributed by atoms with Crippen molar-refractivity contribution >= 4 is 29.7 Å². The zero-order valence-electron chi connectivity index (χ0n) is 12.4. The Labute approximate surface area is 124 Å². The van der Waals surface area contributed by atoms with Gasteiger partial charge in [-0.15, -0.1) is 0 Å². The Kier molecular flexibility index (Phi) is 7.76. The van der Waals surface area contributed by atoms with Crippen molar-refractivity contribution in [2.45, 2.75) is 45.1 Å². The lowest BCUT2D eigenvalue weighted by molar-refractivity contribution is -0.151. The minimum atomic E-state index is -0.328. The quantitative estimate of drug-likeness (QED) is 0.513. The number of anilines is 1. The molecular formula is C14H21NO4S. The van der Waals surface area contributed by atoms with E-state index >= 15 is 0 Å². The summed E-state index contributed by atoms with van der Waals surface area (Å²) in [6.07, 6.45) is 0. The first-order chi connectivity index (χ1) is 9.10. The molecule has 0 saturated heterocycles. The molecule has 2 N–H and O–H groups in total. The van der Waals surface area contributed by atoms with E-state index in [0.29, 0.717) is 5.69 Å². The molecule has 0 aliphatic rings. The Morgan fingerprint density at radius 3 is 2.10 bits per heavy atom. The van der Waals surface area contributed by atoms with Crippen LogP contribution in [-0.4, -0.2) is 17.5 Å². The summed E-state index contributed by atoms with van der Waals surface area (Å²) in [5.74, 6) is -0.542. The first-order valence-corrected chi connectivity index (χ1v) is 6.74. The second-order valence-corrected chi connectivity index (χ2v) is 5.74. The van der Waals surface area contributed by atoms with Crippen molar-refractivity contribution < 1.29 is 18.5 Å². The van der Waals surface area contributed by atoms with Crippen molar-refractivity contribution in [1.29, 1.82) is 0 Å². The summed E-state index contributed by atoms with van der Waals surface area (Å²) in [5, 5.41) is 0. The van der Waals surface area contributed by atoms with Crippen LogP contribution in [0, 0.1) is 0 Å². The molecule has 1 aromatic carbocycles. The van der Waals surface area contributed by atoms with Crippen molar-refractivity contribution in [2.24, 2.45) is 0 Å². The lowest BCUT2D eigenvalue weighted by atomic mass is 10.2. The van der Waals surface area contributed by atoms with Gasteiger partial charge in [0.05, 0.1) is 16.9 Å². The monoisotopic (exact) mass is 299 g/mol. The van der Waals surface area contributed by atoms with E-state index in [1.165, 1.54) is 13.8 Å². The van der Waals surface area contributed by atoms with Gasteiger partial charge in [0, 0.05) is 19.5 Å². The maximum Gasteiger partial charge on any atom is 0.315 e. The maximum absolute atomic E-state index is 10.4. The number of rotatable bonds is 2. The number of nitrogen functional groups attached to an aromatic ring is 1. The van der Waals surface area contributed by atoms with Crippen LogP contribution in [-0.2, 0) is 18.5 Å². The summed E-state index contributed by atoms with van der Waals surface area (Å²) in [6, 6.07) is 7.15. The predicted octanol–water partition coefficient (Wildman–Crippen LogP) is 3.19. The van der Waals surface area contributed by atoms with Crippen LogP contribution in [0.5, 0.6) is 0 Å². The standard InChI is InChI=1S/C8H9NO2S.C6H12O2/c1-6(10)11-12-8-4-2-3-7(9)5-8;1-5(7)8-6(2,3)4/h2-5H,9H2,1H3;1-4H3. The highest BCUT2D eigenvalue weighted by atomic mass is 32.2. The fourth-order valence-electron chi connectivity index (χ4n) is 1.10. The van der Waals surface area contributed by atoms with E-state index in [2.05, 4.69) is 0 Å². The molecule has 0 spiro atoms. The minimum Gasteiger partial charge on any atom is -0.460 e. The number of hydrogen-bond donors (Lipinski definition) is 1. The second kappa shape index (κ2) is 8.47. The largest absolute Gasteiger partial charge is 0.460 e. The molecule has 6 heteroatoms. The lowest BCUT2D eigenvalue weighted by Crippen LogP contribution is -2.21. The van der Waals surface area contributed by atoms with E-state index in [-0.39, 0.29) is 17.5 Å². The van der Waals surface area contributed by atoms with E-state index in [1.54, 1.807) is 18.2 Å². The highest BCUT2D eigenvalue weighted by Crippen LogP contribution is 2.20. The van der Waals surface area contributed by atoms with Gasteiger partial charge in [-0.25, -0.2) is 0 Å². The van der Waals surface area contributed by atoms with Crippen molar-refractivity contribution in [2.75, 3.05) is 5.73 Å². The van der Waals surface area contributed by atoms with Crippen LogP contribution in [0.4, 0.5) is 5.69 Å². The minimum absolute atomic E-state index is 0.225. The molecule has 112 valence electrons. The molecule has 1 aromatic rings. The van der Waals surface area contributed by atoms with Gasteiger partial charge in [-0.2, -0.15) is 0 Å². The first kappa shape index (κ1) is 18.3. The zero-order valence-corrected chi connectivity index (χ0v) is 13.2. The van der Waals surface area contributed by atoms with Gasteiger partial charge in [0.2, 0.25) is 0 Å². The molecule has 0 aromatic heterocycles. The SMILES string of the molecule is CC(=O)OC(C)(C)C.CC(=O)OSc1cccc(N)c1. The third-order valence-electron chi connectivity index (χ3n) is 1.56. The van der Waals surface area contributed by atoms with Gasteiger partial charge < -0.3 is 14.7 Å². The average Bonchev–Trinajstić information content (AvgIpc) is 2.23. The first-order valence-electron chi connectivity index (χ1n) is 6.00. The maximum atomic E-state index is 10.4. The van der Waals surface area contributed by atoms with Gasteiger partial charge >= 0.3 is 11.9 Å². The fourth-order valence-corrected chi connectivity index (χ4v) is 1.64. The number of benzene rings is 1. The molecule has 1 rings (SSSR count). The summed E-state index contributed by atoms with van der Waals surface area (Å²) < 4.78 is 9.50. The number of hydrogen-bond acceptors (Lipinski definition) is 6. The van der Waals surface area contributed by atoms with E-state index in [4.69, 9.17) is 14.7 Å². The summed E-state index contributed by atoms with van der Waals surface area (Å²) in [7, 11) is 0. The van der Waals surface area contributed by atoms with Crippen molar-refractivity contribution in [1.82, 2.24) is 0 Å². The molecule has 0 unspecified atom stereocenters. The fraction of sp³-hybridized carbons (Fsp3) is 0.429. The van der Waals surface area contributed by atoms with E-state index in [0.717, 1.165) is 16.9 Å². The van der Waals surface area contributed by atoms with Crippen LogP contribution < -0.4 is 5.73 Å². The van der Waals surface area contributed by atoms with Crippen molar-refractivity contribution in [3.63, 3.8) is 0 Å². The van der Waals surface area contributed by atoms with Gasteiger partial charge in [-0.1, -0.05) is 6.07 Å². The number of carbonyl (C=O) groups excluding carboxylic acids is 2. The van der Waals surface area contributed by atoms with Gasteiger partial charge in [0.25, 0.3) is 0 Å². The lowest BCUT2D eigenvalue weighted by Gasteiger charge is -2.17. The number of ether oxygens (including phenoxy) is 1. The topological polar surface area (TPSA) is 78.6 Å². The van der Waals surface area contributed by atoms with Gasteiger partial charge in [0.1, 0.15) is 5.60 Å². The highest BCUT2D eigenvalue weighted by molar-refractivity contribution is 7.95. The average molecular weight is 299 g/mol. The van der Waals surface area contributed by atoms with Crippen LogP contribution >= 0.6 is 12.0 Å². The van der Waals surface area contributed by atoms with Crippen LogP contribution in [0.25, 0.3) is 0 Å². The summed E-state index contributed by atoms with van der Waals surface area (Å²) >= 11 is 1.01. The van der Waals surface area contributed by atoms with Gasteiger partial charge in [-0.3, -0.25) is 9.59 Å². The number of nitrogens with two attached hydrogens (primary N) is 1. The molecule has 0 radical (unpaired) electrons. The molecule has 0 aliphatic heterocycles. The van der Waals surface area contributed by atoms with Crippen molar-refractivity contribution in [3.05, 3.63) is 24.3 Å². The molecule has 0 amide bonds. The molecule has 5 nitrogen and oxygen atoms in total. The Hall–Kier alpha value is -1.69. The van der Waals surface area contributed by atoms with Gasteiger partial charge in [0.15, 0.2) is 0 Å². The Morgan fingerprint density at radius 1 is 1.15 bits per heavy atom. The number of esters is 1. The van der Waals surface area contributed by atoms with Crippen LogP contribution in [0.2, 0.25) is 0 Å². The number of carbonyl (C=O) groups is 2. The summed E-state index contributed by atoms with van der Waals surface area (Å²) in [6.45, 7) is 8.29.